The third kappa shape index (κ3) is 3.45. The number of benzene rings is 1. The van der Waals surface area contributed by atoms with Crippen molar-refractivity contribution in [2.45, 2.75) is 37.8 Å². The van der Waals surface area contributed by atoms with E-state index in [1.165, 1.54) is 41.1 Å². The Bertz CT molecular complexity index is 1340. The molecule has 5 rings (SSSR count). The van der Waals surface area contributed by atoms with Crippen molar-refractivity contribution in [3.63, 3.8) is 0 Å². The highest BCUT2D eigenvalue weighted by molar-refractivity contribution is 6.13. The van der Waals surface area contributed by atoms with Gasteiger partial charge in [0.1, 0.15) is 34.4 Å². The molecule has 1 unspecified atom stereocenters. The molecule has 10 heteroatoms. The van der Waals surface area contributed by atoms with Crippen LogP contribution in [0.15, 0.2) is 58.8 Å². The van der Waals surface area contributed by atoms with Gasteiger partial charge in [-0.2, -0.15) is 5.10 Å². The smallest absolute Gasteiger partial charge is 0.254 e. The molecular weight excluding hydrogens is 447 g/mol. The maximum atomic E-state index is 15.8. The number of carbonyl (C=O) groups excluding carboxylic acids is 1. The molecule has 0 bridgehead atoms. The van der Waals surface area contributed by atoms with E-state index in [1.807, 2.05) is 0 Å². The highest BCUT2D eigenvalue weighted by Gasteiger charge is 2.42. The van der Waals surface area contributed by atoms with Crippen molar-refractivity contribution in [3.8, 4) is 0 Å². The van der Waals surface area contributed by atoms with E-state index in [2.05, 4.69) is 10.1 Å². The van der Waals surface area contributed by atoms with Gasteiger partial charge in [-0.15, -0.1) is 0 Å². The Morgan fingerprint density at radius 3 is 2.59 bits per heavy atom. The van der Waals surface area contributed by atoms with E-state index >= 15 is 4.39 Å². The number of aliphatic hydroxyl groups is 1. The molecule has 0 saturated heterocycles. The van der Waals surface area contributed by atoms with E-state index < -0.39 is 34.9 Å². The van der Waals surface area contributed by atoms with Gasteiger partial charge in [-0.1, -0.05) is 18.2 Å². The van der Waals surface area contributed by atoms with Crippen molar-refractivity contribution in [2.75, 3.05) is 5.73 Å². The van der Waals surface area contributed by atoms with Crippen molar-refractivity contribution in [2.24, 2.45) is 16.6 Å². The number of fused-ring (bicyclic) bond motifs is 1. The van der Waals surface area contributed by atoms with Gasteiger partial charge >= 0.3 is 0 Å². The predicted molar refractivity (Wildman–Crippen MR) is 120 cm³/mol. The van der Waals surface area contributed by atoms with Crippen LogP contribution in [0, 0.1) is 11.7 Å². The first-order chi connectivity index (χ1) is 16.1. The van der Waals surface area contributed by atoms with Crippen LogP contribution in [-0.2, 0) is 0 Å². The van der Waals surface area contributed by atoms with Crippen LogP contribution in [-0.4, -0.2) is 32.1 Å². The molecule has 2 heterocycles. The fourth-order valence-corrected chi connectivity index (χ4v) is 4.78. The molecule has 2 aromatic rings. The second kappa shape index (κ2) is 7.69. The Labute approximate surface area is 193 Å². The predicted octanol–water partition coefficient (Wildman–Crippen LogP) is 3.73. The zero-order valence-corrected chi connectivity index (χ0v) is 18.2. The van der Waals surface area contributed by atoms with Crippen molar-refractivity contribution in [1.82, 2.24) is 9.78 Å². The summed E-state index contributed by atoms with van der Waals surface area (Å²) in [7, 11) is 0. The lowest BCUT2D eigenvalue weighted by Gasteiger charge is -2.41. The zero-order valence-electron chi connectivity index (χ0n) is 18.2. The number of halogens is 3. The summed E-state index contributed by atoms with van der Waals surface area (Å²) in [5.41, 5.74) is 10.1. The summed E-state index contributed by atoms with van der Waals surface area (Å²) in [4.78, 5) is 16.3. The van der Waals surface area contributed by atoms with Crippen LogP contribution in [0.25, 0.3) is 5.57 Å². The topological polar surface area (TPSA) is 120 Å². The maximum absolute atomic E-state index is 15.8. The number of allylic oxidation sites excluding steroid dienone is 5. The molecule has 1 atom stereocenters. The third-order valence-corrected chi connectivity index (χ3v) is 6.47. The highest BCUT2D eigenvalue weighted by atomic mass is 19.1. The summed E-state index contributed by atoms with van der Waals surface area (Å²) in [6.45, 7) is 1.67. The minimum Gasteiger partial charge on any atom is -0.390 e. The van der Waals surface area contributed by atoms with E-state index in [-0.39, 0.29) is 52.1 Å². The number of hydrogen-bond acceptors (Lipinski definition) is 5. The van der Waals surface area contributed by atoms with Gasteiger partial charge in [-0.3, -0.25) is 4.79 Å². The molecule has 7 nitrogen and oxygen atoms in total. The summed E-state index contributed by atoms with van der Waals surface area (Å²) in [5.74, 6) is -3.84. The minimum atomic E-state index is -0.879. The van der Waals surface area contributed by atoms with Gasteiger partial charge < -0.3 is 16.6 Å². The number of anilines is 1. The molecule has 5 N–H and O–H groups in total. The molecule has 3 aliphatic rings. The SMILES string of the molecule is CC1(O)CC(n2nc(C3=CCC4C=C(F)C(c5ccccc5F)=NC4=C3F)c(C(N)=O)c2N)C1. The van der Waals surface area contributed by atoms with E-state index in [9.17, 15) is 18.7 Å². The summed E-state index contributed by atoms with van der Waals surface area (Å²) < 4.78 is 46.2. The van der Waals surface area contributed by atoms with Gasteiger partial charge in [0.15, 0.2) is 5.83 Å². The van der Waals surface area contributed by atoms with Crippen LogP contribution >= 0.6 is 0 Å². The third-order valence-electron chi connectivity index (χ3n) is 6.47. The molecule has 0 radical (unpaired) electrons. The van der Waals surface area contributed by atoms with E-state index in [1.54, 1.807) is 6.92 Å². The largest absolute Gasteiger partial charge is 0.390 e. The van der Waals surface area contributed by atoms with Gasteiger partial charge in [0.2, 0.25) is 0 Å². The first-order valence-electron chi connectivity index (χ1n) is 10.8. The number of primary amides is 1. The molecule has 1 fully saturated rings. The lowest BCUT2D eigenvalue weighted by Crippen LogP contribution is -2.42. The van der Waals surface area contributed by atoms with Gasteiger partial charge in [0, 0.05) is 17.1 Å². The first-order valence-corrected chi connectivity index (χ1v) is 10.8. The molecule has 1 saturated carbocycles. The van der Waals surface area contributed by atoms with E-state index in [4.69, 9.17) is 11.5 Å². The summed E-state index contributed by atoms with van der Waals surface area (Å²) >= 11 is 0. The summed E-state index contributed by atoms with van der Waals surface area (Å²) in [6, 6.07) is 5.25. The fourth-order valence-electron chi connectivity index (χ4n) is 4.78. The molecule has 176 valence electrons. The Hall–Kier alpha value is -3.66. The van der Waals surface area contributed by atoms with Gasteiger partial charge in [0.05, 0.1) is 17.3 Å². The molecular formula is C24H22F3N5O2. The molecule has 2 aliphatic carbocycles. The van der Waals surface area contributed by atoms with Crippen molar-refractivity contribution in [1.29, 1.82) is 0 Å². The standard InChI is InChI=1S/C24H22F3N5O2/c1-24(34)9-12(10-24)32-22(28)17(23(29)33)21(31-32)14-7-6-11-8-16(26)20(30-19(11)18(14)27)13-4-2-3-5-15(13)25/h2-5,7-8,11-12,34H,6,9-10,28H2,1H3,(H2,29,33). The monoisotopic (exact) mass is 469 g/mol. The molecule has 34 heavy (non-hydrogen) atoms. The van der Waals surface area contributed by atoms with Crippen molar-refractivity contribution in [3.05, 3.63) is 76.4 Å². The fraction of sp³-hybridized carbons (Fsp3) is 0.292. The highest BCUT2D eigenvalue weighted by Crippen LogP contribution is 2.45. The quantitative estimate of drug-likeness (QED) is 0.632. The van der Waals surface area contributed by atoms with E-state index in [0.29, 0.717) is 12.8 Å². The Kier molecular flexibility index (Phi) is 5.01. The number of aromatic nitrogens is 2. The number of nitrogens with zero attached hydrogens (tertiary/aromatic N) is 3. The summed E-state index contributed by atoms with van der Waals surface area (Å²) in [5, 5.41) is 14.4. The average molecular weight is 469 g/mol. The van der Waals surface area contributed by atoms with Crippen molar-refractivity contribution < 1.29 is 23.1 Å². The number of hydrogen-bond donors (Lipinski definition) is 3. The molecule has 1 aromatic carbocycles. The molecule has 1 amide bonds. The van der Waals surface area contributed by atoms with Crippen LogP contribution in [0.4, 0.5) is 19.0 Å². The number of aliphatic imine (C=N–C) groups is 1. The second-order valence-corrected chi connectivity index (χ2v) is 9.09. The minimum absolute atomic E-state index is 0.0195. The maximum Gasteiger partial charge on any atom is 0.254 e. The second-order valence-electron chi connectivity index (χ2n) is 9.09. The van der Waals surface area contributed by atoms with Crippen LogP contribution < -0.4 is 11.5 Å². The van der Waals surface area contributed by atoms with Crippen LogP contribution in [0.1, 0.15) is 53.8 Å². The average Bonchev–Trinajstić information content (AvgIpc) is 3.09. The Balaban J connectivity index is 1.60. The number of dihydropyridines is 1. The van der Waals surface area contributed by atoms with E-state index in [0.717, 1.165) is 0 Å². The zero-order chi connectivity index (χ0) is 24.4. The van der Waals surface area contributed by atoms with Crippen LogP contribution in [0.3, 0.4) is 0 Å². The molecule has 1 aromatic heterocycles. The van der Waals surface area contributed by atoms with Gasteiger partial charge in [-0.05, 0) is 44.4 Å². The molecule has 0 spiro atoms. The lowest BCUT2D eigenvalue weighted by atomic mass is 9.77. The normalized spacial score (nSPS) is 26.3. The van der Waals surface area contributed by atoms with Gasteiger partial charge in [0.25, 0.3) is 5.91 Å². The lowest BCUT2D eigenvalue weighted by molar-refractivity contribution is -0.0536. The molecule has 1 aliphatic heterocycles. The number of nitrogens with two attached hydrogens (primary N) is 2. The van der Waals surface area contributed by atoms with Crippen LogP contribution in [0.5, 0.6) is 0 Å². The number of carbonyl (C=O) groups is 1. The Morgan fingerprint density at radius 1 is 1.24 bits per heavy atom. The number of rotatable bonds is 4. The summed E-state index contributed by atoms with van der Waals surface area (Å²) in [6.07, 6.45) is 3.60. The van der Waals surface area contributed by atoms with Crippen LogP contribution in [0.2, 0.25) is 0 Å². The Morgan fingerprint density at radius 2 is 1.94 bits per heavy atom. The number of nitrogen functional groups attached to an aromatic ring is 1. The van der Waals surface area contributed by atoms with Gasteiger partial charge in [-0.25, -0.2) is 22.8 Å². The van der Waals surface area contributed by atoms with Crippen molar-refractivity contribution >= 4 is 23.0 Å². The first kappa shape index (κ1) is 22.1. The number of amides is 1.